The minimum atomic E-state index is -0.701. The molecule has 1 aromatic rings. The number of carboxylic acids is 1. The van der Waals surface area contributed by atoms with Gasteiger partial charge in [0.1, 0.15) is 0 Å². The molecule has 1 fully saturated rings. The lowest BCUT2D eigenvalue weighted by Gasteiger charge is -2.28. The normalized spacial score (nSPS) is 18.9. The van der Waals surface area contributed by atoms with Crippen molar-refractivity contribution < 1.29 is 9.90 Å². The van der Waals surface area contributed by atoms with Crippen LogP contribution in [-0.2, 0) is 4.79 Å². The van der Waals surface area contributed by atoms with Crippen LogP contribution in [0.5, 0.6) is 0 Å². The maximum absolute atomic E-state index is 11.6. The van der Waals surface area contributed by atoms with Gasteiger partial charge in [0.05, 0.1) is 5.41 Å². The van der Waals surface area contributed by atoms with Crippen molar-refractivity contribution >= 4 is 11.9 Å². The molecule has 1 aromatic heterocycles. The number of carbonyl (C=O) groups is 1. The molecule has 0 atom stereocenters. The second-order valence-electron chi connectivity index (χ2n) is 4.93. The monoisotopic (exact) mass is 249 g/mol. The predicted molar refractivity (Wildman–Crippen MR) is 68.3 cm³/mol. The molecule has 98 valence electrons. The fourth-order valence-corrected chi connectivity index (χ4v) is 2.51. The molecule has 0 aliphatic heterocycles. The average molecular weight is 249 g/mol. The van der Waals surface area contributed by atoms with Crippen molar-refractivity contribution in [2.24, 2.45) is 5.41 Å². The molecule has 1 aliphatic carbocycles. The highest BCUT2D eigenvalue weighted by Gasteiger charge is 2.38. The summed E-state index contributed by atoms with van der Waals surface area (Å²) in [6, 6.07) is 1.74. The summed E-state index contributed by atoms with van der Waals surface area (Å²) < 4.78 is 0. The molecule has 0 unspecified atom stereocenters. The van der Waals surface area contributed by atoms with Crippen molar-refractivity contribution in [3.8, 4) is 0 Å². The lowest BCUT2D eigenvalue weighted by molar-refractivity contribution is -0.149. The number of carboxylic acid groups (broad SMARTS) is 1. The highest BCUT2D eigenvalue weighted by molar-refractivity contribution is 5.75. The first-order chi connectivity index (χ1) is 8.73. The molecule has 0 aromatic carbocycles. The van der Waals surface area contributed by atoms with Crippen LogP contribution < -0.4 is 5.32 Å². The SMILES string of the molecule is O=C(O)C1(CNc2ncccn2)CCCCCC1. The van der Waals surface area contributed by atoms with E-state index >= 15 is 0 Å². The lowest BCUT2D eigenvalue weighted by atomic mass is 9.80. The van der Waals surface area contributed by atoms with Crippen molar-refractivity contribution in [3.63, 3.8) is 0 Å². The summed E-state index contributed by atoms with van der Waals surface area (Å²) in [6.45, 7) is 0.409. The molecule has 5 heteroatoms. The number of anilines is 1. The largest absolute Gasteiger partial charge is 0.481 e. The van der Waals surface area contributed by atoms with Crippen molar-refractivity contribution in [2.75, 3.05) is 11.9 Å². The van der Waals surface area contributed by atoms with Crippen LogP contribution in [0.25, 0.3) is 0 Å². The zero-order valence-electron chi connectivity index (χ0n) is 10.4. The van der Waals surface area contributed by atoms with E-state index in [2.05, 4.69) is 15.3 Å². The molecule has 1 aliphatic rings. The molecule has 18 heavy (non-hydrogen) atoms. The van der Waals surface area contributed by atoms with E-state index in [1.807, 2.05) is 0 Å². The lowest BCUT2D eigenvalue weighted by Crippen LogP contribution is -2.37. The standard InChI is InChI=1S/C13H19N3O2/c17-11(18)13(6-3-1-2-4-7-13)10-16-12-14-8-5-9-15-12/h5,8-9H,1-4,6-7,10H2,(H,17,18)(H,14,15,16). The summed E-state index contributed by atoms with van der Waals surface area (Å²) in [7, 11) is 0. The number of hydrogen-bond donors (Lipinski definition) is 2. The van der Waals surface area contributed by atoms with Gasteiger partial charge in [-0.25, -0.2) is 9.97 Å². The minimum absolute atomic E-state index is 0.409. The highest BCUT2D eigenvalue weighted by atomic mass is 16.4. The Hall–Kier alpha value is -1.65. The molecule has 0 saturated heterocycles. The molecular formula is C13H19N3O2. The second-order valence-corrected chi connectivity index (χ2v) is 4.93. The number of rotatable bonds is 4. The highest BCUT2D eigenvalue weighted by Crippen LogP contribution is 2.35. The first-order valence-electron chi connectivity index (χ1n) is 6.47. The Morgan fingerprint density at radius 1 is 1.22 bits per heavy atom. The van der Waals surface area contributed by atoms with Gasteiger partial charge in [-0.2, -0.15) is 0 Å². The van der Waals surface area contributed by atoms with Gasteiger partial charge in [-0.3, -0.25) is 4.79 Å². The minimum Gasteiger partial charge on any atom is -0.481 e. The molecule has 1 saturated carbocycles. The maximum Gasteiger partial charge on any atom is 0.311 e. The Balaban J connectivity index is 2.04. The van der Waals surface area contributed by atoms with E-state index in [1.165, 1.54) is 0 Å². The fourth-order valence-electron chi connectivity index (χ4n) is 2.51. The zero-order valence-corrected chi connectivity index (χ0v) is 10.4. The third-order valence-corrected chi connectivity index (χ3v) is 3.67. The molecule has 0 spiro atoms. The van der Waals surface area contributed by atoms with Crippen LogP contribution in [0.1, 0.15) is 38.5 Å². The summed E-state index contributed by atoms with van der Waals surface area (Å²) in [6.07, 6.45) is 9.02. The number of aromatic nitrogens is 2. The van der Waals surface area contributed by atoms with Crippen molar-refractivity contribution in [3.05, 3.63) is 18.5 Å². The van der Waals surface area contributed by atoms with Crippen LogP contribution in [0.15, 0.2) is 18.5 Å². The van der Waals surface area contributed by atoms with E-state index < -0.39 is 11.4 Å². The van der Waals surface area contributed by atoms with Gasteiger partial charge in [0.2, 0.25) is 5.95 Å². The summed E-state index contributed by atoms with van der Waals surface area (Å²) in [5.41, 5.74) is -0.657. The molecule has 2 N–H and O–H groups in total. The van der Waals surface area contributed by atoms with E-state index in [9.17, 15) is 9.90 Å². The number of hydrogen-bond acceptors (Lipinski definition) is 4. The van der Waals surface area contributed by atoms with Crippen LogP contribution in [0, 0.1) is 5.41 Å². The van der Waals surface area contributed by atoms with Crippen LogP contribution in [0.4, 0.5) is 5.95 Å². The van der Waals surface area contributed by atoms with Crippen LogP contribution in [0.2, 0.25) is 0 Å². The van der Waals surface area contributed by atoms with E-state index in [0.717, 1.165) is 38.5 Å². The van der Waals surface area contributed by atoms with Crippen LogP contribution >= 0.6 is 0 Å². The smallest absolute Gasteiger partial charge is 0.311 e. The van der Waals surface area contributed by atoms with Gasteiger partial charge in [0.25, 0.3) is 0 Å². The number of nitrogens with one attached hydrogen (secondary N) is 1. The fraction of sp³-hybridized carbons (Fsp3) is 0.615. The van der Waals surface area contributed by atoms with Gasteiger partial charge < -0.3 is 10.4 Å². The second kappa shape index (κ2) is 5.80. The molecular weight excluding hydrogens is 230 g/mol. The van der Waals surface area contributed by atoms with E-state index in [1.54, 1.807) is 18.5 Å². The van der Waals surface area contributed by atoms with Gasteiger partial charge in [0, 0.05) is 18.9 Å². The zero-order chi connectivity index (χ0) is 12.8. The summed E-state index contributed by atoms with van der Waals surface area (Å²) >= 11 is 0. The van der Waals surface area contributed by atoms with E-state index in [0.29, 0.717) is 12.5 Å². The Bertz CT molecular complexity index is 386. The van der Waals surface area contributed by atoms with Gasteiger partial charge in [-0.15, -0.1) is 0 Å². The van der Waals surface area contributed by atoms with Gasteiger partial charge in [0.15, 0.2) is 0 Å². The van der Waals surface area contributed by atoms with Crippen LogP contribution in [0.3, 0.4) is 0 Å². The summed E-state index contributed by atoms with van der Waals surface area (Å²) in [4.78, 5) is 19.7. The molecule has 0 bridgehead atoms. The Morgan fingerprint density at radius 3 is 2.39 bits per heavy atom. The third-order valence-electron chi connectivity index (χ3n) is 3.67. The Kier molecular flexibility index (Phi) is 4.12. The third kappa shape index (κ3) is 2.97. The van der Waals surface area contributed by atoms with Crippen molar-refractivity contribution in [1.82, 2.24) is 9.97 Å². The average Bonchev–Trinajstić information content (AvgIpc) is 2.64. The topological polar surface area (TPSA) is 75.1 Å². The Labute approximate surface area is 107 Å². The molecule has 2 rings (SSSR count). The summed E-state index contributed by atoms with van der Waals surface area (Å²) in [5, 5.41) is 12.6. The van der Waals surface area contributed by atoms with E-state index in [-0.39, 0.29) is 0 Å². The van der Waals surface area contributed by atoms with Gasteiger partial charge in [-0.1, -0.05) is 25.7 Å². The van der Waals surface area contributed by atoms with E-state index in [4.69, 9.17) is 0 Å². The number of nitrogens with zero attached hydrogens (tertiary/aromatic N) is 2. The molecule has 1 heterocycles. The quantitative estimate of drug-likeness (QED) is 0.801. The first kappa shape index (κ1) is 12.8. The van der Waals surface area contributed by atoms with Crippen molar-refractivity contribution in [2.45, 2.75) is 38.5 Å². The molecule has 0 amide bonds. The Morgan fingerprint density at radius 2 is 1.83 bits per heavy atom. The molecule has 0 radical (unpaired) electrons. The summed E-state index contributed by atoms with van der Waals surface area (Å²) in [5.74, 6) is -0.199. The van der Waals surface area contributed by atoms with Crippen LogP contribution in [-0.4, -0.2) is 27.6 Å². The first-order valence-corrected chi connectivity index (χ1v) is 6.47. The predicted octanol–water partition coefficient (Wildman–Crippen LogP) is 2.31. The van der Waals surface area contributed by atoms with Gasteiger partial charge in [-0.05, 0) is 18.9 Å². The maximum atomic E-state index is 11.6. The number of aliphatic carboxylic acids is 1. The molecule has 5 nitrogen and oxygen atoms in total. The van der Waals surface area contributed by atoms with Gasteiger partial charge >= 0.3 is 5.97 Å². The van der Waals surface area contributed by atoms with Crippen molar-refractivity contribution in [1.29, 1.82) is 0 Å².